The minimum atomic E-state index is 0.716. The van der Waals surface area contributed by atoms with Gasteiger partial charge in [-0.05, 0) is 18.5 Å². The van der Waals surface area contributed by atoms with Crippen LogP contribution in [-0.4, -0.2) is 16.1 Å². The Kier molecular flexibility index (Phi) is 3.59. The predicted molar refractivity (Wildman–Crippen MR) is 45.1 cm³/mol. The van der Waals surface area contributed by atoms with Crippen LogP contribution in [0.4, 0.5) is 0 Å². The second kappa shape index (κ2) is 4.83. The van der Waals surface area contributed by atoms with Gasteiger partial charge in [0.15, 0.2) is 0 Å². The monoisotopic (exact) mass is 167 g/mol. The zero-order valence-corrected chi connectivity index (χ0v) is 7.11. The average molecular weight is 167 g/mol. The van der Waals surface area contributed by atoms with E-state index >= 15 is 0 Å². The van der Waals surface area contributed by atoms with E-state index in [0.717, 1.165) is 12.2 Å². The standard InChI is InChI=1S/C7H9N3S/c1-2-3-4-8-5-7-6-11-10-9-7/h6,8H,4-5H2,1H3. The third kappa shape index (κ3) is 3.12. The van der Waals surface area contributed by atoms with Crippen LogP contribution in [0, 0.1) is 11.8 Å². The quantitative estimate of drug-likeness (QED) is 0.530. The molecule has 0 spiro atoms. The SMILES string of the molecule is CC#CCNCc1csnn1. The Labute approximate surface area is 70.0 Å². The maximum absolute atomic E-state index is 3.87. The molecule has 0 saturated heterocycles. The molecule has 1 heterocycles. The number of rotatable bonds is 3. The summed E-state index contributed by atoms with van der Waals surface area (Å²) in [5.41, 5.74) is 0.980. The van der Waals surface area contributed by atoms with Crippen LogP contribution in [0.15, 0.2) is 5.38 Å². The summed E-state index contributed by atoms with van der Waals surface area (Å²) in [6.07, 6.45) is 0. The van der Waals surface area contributed by atoms with E-state index in [1.807, 2.05) is 12.3 Å². The van der Waals surface area contributed by atoms with Crippen LogP contribution in [-0.2, 0) is 6.54 Å². The Balaban J connectivity index is 2.17. The molecule has 0 aliphatic rings. The van der Waals surface area contributed by atoms with E-state index in [4.69, 9.17) is 0 Å². The molecule has 0 aliphatic heterocycles. The molecule has 3 nitrogen and oxygen atoms in total. The normalized spacial score (nSPS) is 8.82. The van der Waals surface area contributed by atoms with Crippen LogP contribution in [0.1, 0.15) is 12.6 Å². The lowest BCUT2D eigenvalue weighted by atomic mass is 10.5. The molecule has 4 heteroatoms. The molecular weight excluding hydrogens is 158 g/mol. The smallest absolute Gasteiger partial charge is 0.0893 e. The van der Waals surface area contributed by atoms with Gasteiger partial charge in [-0.25, -0.2) is 0 Å². The van der Waals surface area contributed by atoms with Crippen LogP contribution in [0.2, 0.25) is 0 Å². The van der Waals surface area contributed by atoms with Gasteiger partial charge in [-0.3, -0.25) is 0 Å². The second-order valence-electron chi connectivity index (χ2n) is 1.93. The van der Waals surface area contributed by atoms with Gasteiger partial charge in [0.2, 0.25) is 0 Å². The van der Waals surface area contributed by atoms with Crippen LogP contribution >= 0.6 is 11.5 Å². The van der Waals surface area contributed by atoms with Gasteiger partial charge in [0.05, 0.1) is 12.2 Å². The summed E-state index contributed by atoms with van der Waals surface area (Å²) < 4.78 is 3.74. The Bertz CT molecular complexity index is 244. The zero-order chi connectivity index (χ0) is 7.94. The number of hydrogen-bond acceptors (Lipinski definition) is 4. The fourth-order valence-electron chi connectivity index (χ4n) is 0.602. The minimum absolute atomic E-state index is 0.716. The summed E-state index contributed by atoms with van der Waals surface area (Å²) in [6.45, 7) is 3.30. The highest BCUT2D eigenvalue weighted by Gasteiger charge is 1.92. The summed E-state index contributed by atoms with van der Waals surface area (Å²) in [6, 6.07) is 0. The van der Waals surface area contributed by atoms with Crippen molar-refractivity contribution in [1.29, 1.82) is 0 Å². The third-order valence-corrected chi connectivity index (χ3v) is 1.65. The number of hydrogen-bond donors (Lipinski definition) is 1. The van der Waals surface area contributed by atoms with Crippen molar-refractivity contribution in [2.24, 2.45) is 0 Å². The summed E-state index contributed by atoms with van der Waals surface area (Å²) in [4.78, 5) is 0. The molecule has 1 rings (SSSR count). The van der Waals surface area contributed by atoms with Gasteiger partial charge in [0.25, 0.3) is 0 Å². The Morgan fingerprint density at radius 1 is 1.73 bits per heavy atom. The predicted octanol–water partition coefficient (Wildman–Crippen LogP) is 0.651. The van der Waals surface area contributed by atoms with Crippen molar-refractivity contribution in [2.75, 3.05) is 6.54 Å². The fourth-order valence-corrected chi connectivity index (χ4v) is 1.05. The molecule has 0 aliphatic carbocycles. The lowest BCUT2D eigenvalue weighted by Gasteiger charge is -1.93. The van der Waals surface area contributed by atoms with Crippen LogP contribution in [0.25, 0.3) is 0 Å². The largest absolute Gasteiger partial charge is 0.300 e. The van der Waals surface area contributed by atoms with Crippen molar-refractivity contribution < 1.29 is 0 Å². The molecule has 0 aromatic carbocycles. The maximum Gasteiger partial charge on any atom is 0.0893 e. The van der Waals surface area contributed by atoms with E-state index in [9.17, 15) is 0 Å². The summed E-state index contributed by atoms with van der Waals surface area (Å²) in [7, 11) is 0. The molecule has 0 bridgehead atoms. The minimum Gasteiger partial charge on any atom is -0.300 e. The zero-order valence-electron chi connectivity index (χ0n) is 6.29. The molecule has 0 unspecified atom stereocenters. The van der Waals surface area contributed by atoms with Crippen molar-refractivity contribution in [2.45, 2.75) is 13.5 Å². The van der Waals surface area contributed by atoms with Crippen molar-refractivity contribution in [1.82, 2.24) is 14.9 Å². The summed E-state index contributed by atoms with van der Waals surface area (Å²) >= 11 is 1.37. The Morgan fingerprint density at radius 2 is 2.64 bits per heavy atom. The van der Waals surface area contributed by atoms with Crippen molar-refractivity contribution in [3.8, 4) is 11.8 Å². The van der Waals surface area contributed by atoms with Crippen LogP contribution in [0.3, 0.4) is 0 Å². The van der Waals surface area contributed by atoms with E-state index in [-0.39, 0.29) is 0 Å². The van der Waals surface area contributed by atoms with Crippen LogP contribution in [0.5, 0.6) is 0 Å². The van der Waals surface area contributed by atoms with Gasteiger partial charge in [-0.15, -0.1) is 11.0 Å². The first-order valence-electron chi connectivity index (χ1n) is 3.29. The molecule has 58 valence electrons. The first-order chi connectivity index (χ1) is 5.43. The number of nitrogens with zero attached hydrogens (tertiary/aromatic N) is 2. The van der Waals surface area contributed by atoms with Crippen molar-refractivity contribution in [3.05, 3.63) is 11.1 Å². The van der Waals surface area contributed by atoms with Crippen molar-refractivity contribution in [3.63, 3.8) is 0 Å². The van der Waals surface area contributed by atoms with Gasteiger partial charge >= 0.3 is 0 Å². The highest BCUT2D eigenvalue weighted by Crippen LogP contribution is 1.94. The van der Waals surface area contributed by atoms with Gasteiger partial charge < -0.3 is 5.32 Å². The third-order valence-electron chi connectivity index (χ3n) is 1.10. The highest BCUT2D eigenvalue weighted by atomic mass is 32.1. The first-order valence-corrected chi connectivity index (χ1v) is 4.13. The second-order valence-corrected chi connectivity index (χ2v) is 2.54. The molecule has 0 fully saturated rings. The van der Waals surface area contributed by atoms with Gasteiger partial charge in [0, 0.05) is 11.9 Å². The summed E-state index contributed by atoms with van der Waals surface area (Å²) in [5, 5.41) is 8.91. The van der Waals surface area contributed by atoms with Gasteiger partial charge in [-0.1, -0.05) is 10.4 Å². The van der Waals surface area contributed by atoms with Gasteiger partial charge in [-0.2, -0.15) is 0 Å². The lowest BCUT2D eigenvalue weighted by molar-refractivity contribution is 0.745. The molecule has 0 atom stereocenters. The molecule has 1 N–H and O–H groups in total. The molecule has 1 aromatic heterocycles. The Morgan fingerprint density at radius 3 is 3.27 bits per heavy atom. The van der Waals surface area contributed by atoms with Crippen LogP contribution < -0.4 is 5.32 Å². The van der Waals surface area contributed by atoms with E-state index in [2.05, 4.69) is 26.7 Å². The molecule has 0 saturated carbocycles. The number of aromatic nitrogens is 2. The van der Waals surface area contributed by atoms with E-state index in [1.165, 1.54) is 11.5 Å². The molecule has 11 heavy (non-hydrogen) atoms. The molecule has 1 aromatic rings. The lowest BCUT2D eigenvalue weighted by Crippen LogP contribution is -2.13. The highest BCUT2D eigenvalue weighted by molar-refractivity contribution is 7.03. The molecule has 0 radical (unpaired) electrons. The fraction of sp³-hybridized carbons (Fsp3) is 0.429. The van der Waals surface area contributed by atoms with Gasteiger partial charge in [0.1, 0.15) is 0 Å². The van der Waals surface area contributed by atoms with E-state index in [0.29, 0.717) is 6.54 Å². The Hall–Kier alpha value is -0.920. The summed E-state index contributed by atoms with van der Waals surface area (Å²) in [5.74, 6) is 5.71. The first kappa shape index (κ1) is 8.18. The van der Waals surface area contributed by atoms with E-state index < -0.39 is 0 Å². The molecule has 0 amide bonds. The van der Waals surface area contributed by atoms with Crippen molar-refractivity contribution >= 4 is 11.5 Å². The number of nitrogens with one attached hydrogen (secondary N) is 1. The van der Waals surface area contributed by atoms with E-state index in [1.54, 1.807) is 0 Å². The average Bonchev–Trinajstić information content (AvgIpc) is 2.50. The maximum atomic E-state index is 3.87. The topological polar surface area (TPSA) is 37.8 Å². The molecular formula is C7H9N3S.